The van der Waals surface area contributed by atoms with Gasteiger partial charge in [-0.2, -0.15) is 0 Å². The Labute approximate surface area is 227 Å². The first-order chi connectivity index (χ1) is 19.1. The minimum absolute atomic E-state index is 0.113. The van der Waals surface area contributed by atoms with Gasteiger partial charge < -0.3 is 9.30 Å². The van der Waals surface area contributed by atoms with Gasteiger partial charge in [-0.3, -0.25) is 0 Å². The Balaban J connectivity index is 1.32. The summed E-state index contributed by atoms with van der Waals surface area (Å²) >= 11 is 0. The molecule has 186 valence electrons. The van der Waals surface area contributed by atoms with Crippen LogP contribution in [0.5, 0.6) is 11.5 Å². The van der Waals surface area contributed by atoms with Crippen molar-refractivity contribution in [2.75, 3.05) is 0 Å². The molecule has 1 aliphatic heterocycles. The van der Waals surface area contributed by atoms with E-state index in [2.05, 4.69) is 140 Å². The zero-order valence-corrected chi connectivity index (χ0v) is 22.0. The molecule has 0 N–H and O–H groups in total. The van der Waals surface area contributed by atoms with E-state index in [1.54, 1.807) is 0 Å². The van der Waals surface area contributed by atoms with Gasteiger partial charge in [0.15, 0.2) is 0 Å². The van der Waals surface area contributed by atoms with Crippen molar-refractivity contribution in [3.8, 4) is 28.3 Å². The highest BCUT2D eigenvalue weighted by atomic mass is 16.5. The summed E-state index contributed by atoms with van der Waals surface area (Å²) in [6.45, 7) is 4.56. The Morgan fingerprint density at radius 1 is 0.513 bits per heavy atom. The number of fused-ring (bicyclic) bond motifs is 6. The summed E-state index contributed by atoms with van der Waals surface area (Å²) in [4.78, 5) is 0. The van der Waals surface area contributed by atoms with Crippen molar-refractivity contribution in [2.45, 2.75) is 19.3 Å². The molecule has 0 spiro atoms. The molecule has 6 aromatic carbocycles. The van der Waals surface area contributed by atoms with Crippen molar-refractivity contribution < 1.29 is 4.74 Å². The molecule has 8 rings (SSSR count). The van der Waals surface area contributed by atoms with Crippen LogP contribution in [-0.4, -0.2) is 4.57 Å². The minimum atomic E-state index is -0.113. The first-order valence-electron chi connectivity index (χ1n) is 13.5. The fourth-order valence-electron chi connectivity index (χ4n) is 6.45. The quantitative estimate of drug-likeness (QED) is 0.230. The maximum atomic E-state index is 6.43. The molecule has 0 saturated heterocycles. The summed E-state index contributed by atoms with van der Waals surface area (Å²) in [6.07, 6.45) is 0. The number of aromatic nitrogens is 1. The normalized spacial score (nSPS) is 13.8. The van der Waals surface area contributed by atoms with E-state index in [9.17, 15) is 0 Å². The van der Waals surface area contributed by atoms with Crippen molar-refractivity contribution in [3.05, 3.63) is 139 Å². The van der Waals surface area contributed by atoms with E-state index >= 15 is 0 Å². The molecule has 2 heterocycles. The number of nitrogens with zero attached hydrogens (tertiary/aromatic N) is 1. The third kappa shape index (κ3) is 3.21. The lowest BCUT2D eigenvalue weighted by Gasteiger charge is -2.34. The molecule has 0 atom stereocenters. The predicted molar refractivity (Wildman–Crippen MR) is 162 cm³/mol. The van der Waals surface area contributed by atoms with Crippen LogP contribution in [-0.2, 0) is 5.41 Å². The molecular weight excluding hydrogens is 474 g/mol. The minimum Gasteiger partial charge on any atom is -0.457 e. The van der Waals surface area contributed by atoms with E-state index in [0.29, 0.717) is 0 Å². The smallest absolute Gasteiger partial charge is 0.132 e. The van der Waals surface area contributed by atoms with Gasteiger partial charge >= 0.3 is 0 Å². The third-order valence-corrected chi connectivity index (χ3v) is 8.45. The summed E-state index contributed by atoms with van der Waals surface area (Å²) in [5.74, 6) is 1.88. The number of rotatable bonds is 2. The van der Waals surface area contributed by atoms with Crippen LogP contribution in [0.15, 0.2) is 127 Å². The van der Waals surface area contributed by atoms with Crippen molar-refractivity contribution in [1.29, 1.82) is 0 Å². The summed E-state index contributed by atoms with van der Waals surface area (Å²) in [6, 6.07) is 45.8. The van der Waals surface area contributed by atoms with Crippen LogP contribution in [0.25, 0.3) is 49.4 Å². The standard InChI is InChI=1S/C37H27NO/c1-37(2)30-14-6-8-17-35(30)39-36-23-26(18-20-31(36)37)25-19-21-34-29(22-25)28-13-5-7-15-33(28)38(34)32-16-9-11-24-10-3-4-12-27(24)32/h3-23H,1-2H3. The van der Waals surface area contributed by atoms with Crippen molar-refractivity contribution in [1.82, 2.24) is 4.57 Å². The second-order valence-corrected chi connectivity index (χ2v) is 11.0. The monoisotopic (exact) mass is 501 g/mol. The third-order valence-electron chi connectivity index (χ3n) is 8.45. The number of benzene rings is 6. The fourth-order valence-corrected chi connectivity index (χ4v) is 6.45. The highest BCUT2D eigenvalue weighted by Gasteiger charge is 2.34. The molecular formula is C37H27NO. The van der Waals surface area contributed by atoms with Gasteiger partial charge in [-0.1, -0.05) is 105 Å². The predicted octanol–water partition coefficient (Wildman–Crippen LogP) is 10.0. The second-order valence-electron chi connectivity index (χ2n) is 11.0. The van der Waals surface area contributed by atoms with Crippen molar-refractivity contribution in [2.24, 2.45) is 0 Å². The summed E-state index contributed by atoms with van der Waals surface area (Å²) < 4.78 is 8.84. The first kappa shape index (κ1) is 22.2. The van der Waals surface area contributed by atoms with Crippen LogP contribution in [0.2, 0.25) is 0 Å². The van der Waals surface area contributed by atoms with Gasteiger partial charge in [0.1, 0.15) is 11.5 Å². The zero-order valence-electron chi connectivity index (χ0n) is 22.0. The van der Waals surface area contributed by atoms with Crippen molar-refractivity contribution in [3.63, 3.8) is 0 Å². The van der Waals surface area contributed by atoms with Gasteiger partial charge in [0.05, 0.1) is 16.7 Å². The largest absolute Gasteiger partial charge is 0.457 e. The number of ether oxygens (including phenoxy) is 1. The number of hydrogen-bond donors (Lipinski definition) is 0. The van der Waals surface area contributed by atoms with Crippen LogP contribution in [0.4, 0.5) is 0 Å². The lowest BCUT2D eigenvalue weighted by Crippen LogP contribution is -2.24. The average molecular weight is 502 g/mol. The Bertz CT molecular complexity index is 2070. The van der Waals surface area contributed by atoms with Gasteiger partial charge in [0.2, 0.25) is 0 Å². The molecule has 0 bridgehead atoms. The van der Waals surface area contributed by atoms with Crippen LogP contribution in [0, 0.1) is 0 Å². The molecule has 0 fully saturated rings. The van der Waals surface area contributed by atoms with Crippen LogP contribution < -0.4 is 4.74 Å². The summed E-state index contributed by atoms with van der Waals surface area (Å²) in [7, 11) is 0. The lowest BCUT2D eigenvalue weighted by molar-refractivity contribution is 0.418. The molecule has 0 radical (unpaired) electrons. The molecule has 1 aromatic heterocycles. The van der Waals surface area contributed by atoms with E-state index in [1.165, 1.54) is 55.0 Å². The summed E-state index contributed by atoms with van der Waals surface area (Å²) in [5, 5.41) is 5.00. The maximum absolute atomic E-state index is 6.43. The SMILES string of the molecule is CC1(C)c2ccccc2Oc2cc(-c3ccc4c(c3)c3ccccc3n4-c3cccc4ccccc34)ccc21. The van der Waals surface area contributed by atoms with E-state index in [-0.39, 0.29) is 5.41 Å². The molecule has 7 aromatic rings. The fraction of sp³-hybridized carbons (Fsp3) is 0.0811. The van der Waals surface area contributed by atoms with E-state index in [4.69, 9.17) is 4.74 Å². The molecule has 0 unspecified atom stereocenters. The van der Waals surface area contributed by atoms with Crippen LogP contribution in [0.1, 0.15) is 25.0 Å². The molecule has 0 aliphatic carbocycles. The van der Waals surface area contributed by atoms with Gasteiger partial charge in [-0.25, -0.2) is 0 Å². The van der Waals surface area contributed by atoms with Gasteiger partial charge in [-0.15, -0.1) is 0 Å². The molecule has 0 saturated carbocycles. The summed E-state index contributed by atoms with van der Waals surface area (Å²) in [5.41, 5.74) is 8.31. The Morgan fingerprint density at radius 3 is 2.10 bits per heavy atom. The Kier molecular flexibility index (Phi) is 4.60. The van der Waals surface area contributed by atoms with Gasteiger partial charge in [0, 0.05) is 32.7 Å². The van der Waals surface area contributed by atoms with Crippen LogP contribution in [0.3, 0.4) is 0 Å². The average Bonchev–Trinajstić information content (AvgIpc) is 3.30. The Morgan fingerprint density at radius 2 is 1.18 bits per heavy atom. The van der Waals surface area contributed by atoms with E-state index in [1.807, 2.05) is 6.07 Å². The topological polar surface area (TPSA) is 14.2 Å². The zero-order chi connectivity index (χ0) is 26.1. The van der Waals surface area contributed by atoms with Crippen molar-refractivity contribution >= 4 is 32.6 Å². The van der Waals surface area contributed by atoms with Gasteiger partial charge in [-0.05, 0) is 52.9 Å². The highest BCUT2D eigenvalue weighted by molar-refractivity contribution is 6.11. The Hall–Kier alpha value is -4.82. The maximum Gasteiger partial charge on any atom is 0.132 e. The van der Waals surface area contributed by atoms with E-state index in [0.717, 1.165) is 17.1 Å². The van der Waals surface area contributed by atoms with E-state index < -0.39 is 0 Å². The first-order valence-corrected chi connectivity index (χ1v) is 13.5. The highest BCUT2D eigenvalue weighted by Crippen LogP contribution is 2.49. The number of hydrogen-bond acceptors (Lipinski definition) is 1. The second kappa shape index (κ2) is 8.09. The number of para-hydroxylation sites is 2. The van der Waals surface area contributed by atoms with Crippen LogP contribution >= 0.6 is 0 Å². The molecule has 39 heavy (non-hydrogen) atoms. The lowest BCUT2D eigenvalue weighted by atomic mass is 9.75. The molecule has 1 aliphatic rings. The molecule has 2 heteroatoms. The molecule has 2 nitrogen and oxygen atoms in total. The van der Waals surface area contributed by atoms with Gasteiger partial charge in [0.25, 0.3) is 0 Å². The molecule has 0 amide bonds.